The van der Waals surface area contributed by atoms with Gasteiger partial charge in [-0.1, -0.05) is 50.4 Å². The molecule has 1 N–H and O–H groups in total. The molecule has 1 saturated carbocycles. The molecule has 0 bridgehead atoms. The maximum Gasteiger partial charge on any atom is 0.314 e. The van der Waals surface area contributed by atoms with E-state index in [2.05, 4.69) is 13.8 Å². The number of benzene rings is 1. The first kappa shape index (κ1) is 15.4. The predicted octanol–water partition coefficient (Wildman–Crippen LogP) is 5.14. The fourth-order valence-corrected chi connectivity index (χ4v) is 3.82. The van der Waals surface area contributed by atoms with Gasteiger partial charge in [-0.25, -0.2) is 0 Å². The van der Waals surface area contributed by atoms with Crippen molar-refractivity contribution < 1.29 is 9.90 Å². The molecule has 0 aliphatic heterocycles. The summed E-state index contributed by atoms with van der Waals surface area (Å²) in [5.74, 6) is -0.248. The summed E-state index contributed by atoms with van der Waals surface area (Å²) >= 11 is 6.43. The van der Waals surface area contributed by atoms with E-state index in [4.69, 9.17) is 11.6 Å². The van der Waals surface area contributed by atoms with Crippen LogP contribution in [0.5, 0.6) is 0 Å². The molecule has 0 radical (unpaired) electrons. The van der Waals surface area contributed by atoms with Crippen LogP contribution in [0.25, 0.3) is 0 Å². The third kappa shape index (κ3) is 2.58. The maximum atomic E-state index is 11.7. The summed E-state index contributed by atoms with van der Waals surface area (Å²) in [5, 5.41) is 10.4. The van der Waals surface area contributed by atoms with Crippen LogP contribution in [0.15, 0.2) is 18.2 Å². The van der Waals surface area contributed by atoms with Gasteiger partial charge in [0.2, 0.25) is 0 Å². The molecule has 3 heteroatoms. The molecule has 1 aliphatic rings. The lowest BCUT2D eigenvalue weighted by Gasteiger charge is -2.26. The zero-order valence-electron chi connectivity index (χ0n) is 12.3. The van der Waals surface area contributed by atoms with Crippen LogP contribution in [-0.2, 0) is 10.2 Å². The summed E-state index contributed by atoms with van der Waals surface area (Å²) in [7, 11) is 0. The second kappa shape index (κ2) is 6.17. The van der Waals surface area contributed by atoms with Crippen molar-refractivity contribution in [2.75, 3.05) is 0 Å². The average Bonchev–Trinajstić information content (AvgIpc) is 2.92. The molecule has 1 aromatic carbocycles. The number of hydrogen-bond donors (Lipinski definition) is 1. The Morgan fingerprint density at radius 1 is 1.30 bits per heavy atom. The van der Waals surface area contributed by atoms with Crippen molar-refractivity contribution in [2.45, 2.75) is 63.7 Å². The lowest BCUT2D eigenvalue weighted by Crippen LogP contribution is -2.32. The second-order valence-corrected chi connectivity index (χ2v) is 6.25. The van der Waals surface area contributed by atoms with Gasteiger partial charge in [-0.2, -0.15) is 0 Å². The van der Waals surface area contributed by atoms with Crippen LogP contribution in [0.4, 0.5) is 0 Å². The Labute approximate surface area is 126 Å². The van der Waals surface area contributed by atoms with E-state index < -0.39 is 11.4 Å². The van der Waals surface area contributed by atoms with E-state index >= 15 is 0 Å². The molecule has 0 unspecified atom stereocenters. The van der Waals surface area contributed by atoms with Crippen LogP contribution in [-0.4, -0.2) is 11.1 Å². The fraction of sp³-hybridized carbons (Fsp3) is 0.588. The van der Waals surface area contributed by atoms with Crippen molar-refractivity contribution in [1.82, 2.24) is 0 Å². The molecule has 20 heavy (non-hydrogen) atoms. The maximum absolute atomic E-state index is 11.7. The standard InChI is InChI=1S/C17H23ClO2/c1-3-12(4-2)14-8-7-13(11-15(14)18)17(16(19)20)9-5-6-10-17/h7-8,11-12H,3-6,9-10H2,1-2H3,(H,19,20). The Balaban J connectivity index is 2.40. The molecule has 2 rings (SSSR count). The summed E-state index contributed by atoms with van der Waals surface area (Å²) in [6.45, 7) is 4.32. The van der Waals surface area contributed by atoms with Crippen molar-refractivity contribution >= 4 is 17.6 Å². The number of carboxylic acids is 1. The van der Waals surface area contributed by atoms with Gasteiger partial charge >= 0.3 is 5.97 Å². The minimum absolute atomic E-state index is 0.459. The third-order valence-corrected chi connectivity index (χ3v) is 5.17. The Morgan fingerprint density at radius 2 is 1.90 bits per heavy atom. The minimum Gasteiger partial charge on any atom is -0.481 e. The number of aliphatic carboxylic acids is 1. The first-order valence-electron chi connectivity index (χ1n) is 7.58. The smallest absolute Gasteiger partial charge is 0.314 e. The Bertz CT molecular complexity index is 486. The first-order chi connectivity index (χ1) is 9.55. The quantitative estimate of drug-likeness (QED) is 0.816. The number of halogens is 1. The number of carboxylic acid groups (broad SMARTS) is 1. The van der Waals surface area contributed by atoms with Gasteiger partial charge in [0.1, 0.15) is 0 Å². The predicted molar refractivity (Wildman–Crippen MR) is 82.6 cm³/mol. The largest absolute Gasteiger partial charge is 0.481 e. The van der Waals surface area contributed by atoms with Gasteiger partial charge in [0.15, 0.2) is 0 Å². The van der Waals surface area contributed by atoms with Gasteiger partial charge in [0.25, 0.3) is 0 Å². The number of carbonyl (C=O) groups is 1. The summed E-state index contributed by atoms with van der Waals surface area (Å²) in [6.07, 6.45) is 5.53. The summed E-state index contributed by atoms with van der Waals surface area (Å²) in [6, 6.07) is 5.92. The topological polar surface area (TPSA) is 37.3 Å². The molecule has 0 saturated heterocycles. The van der Waals surface area contributed by atoms with Crippen molar-refractivity contribution in [3.05, 3.63) is 34.3 Å². The van der Waals surface area contributed by atoms with Crippen LogP contribution in [0.3, 0.4) is 0 Å². The zero-order chi connectivity index (χ0) is 14.8. The Morgan fingerprint density at radius 3 is 2.35 bits per heavy atom. The minimum atomic E-state index is -0.712. The molecule has 2 nitrogen and oxygen atoms in total. The molecule has 1 aliphatic carbocycles. The van der Waals surface area contributed by atoms with Crippen LogP contribution < -0.4 is 0 Å². The van der Waals surface area contributed by atoms with E-state index in [1.165, 1.54) is 0 Å². The van der Waals surface area contributed by atoms with Crippen LogP contribution >= 0.6 is 11.6 Å². The highest BCUT2D eigenvalue weighted by Crippen LogP contribution is 2.43. The van der Waals surface area contributed by atoms with Crippen LogP contribution in [0.2, 0.25) is 5.02 Å². The van der Waals surface area contributed by atoms with Crippen LogP contribution in [0.1, 0.15) is 69.4 Å². The van der Waals surface area contributed by atoms with E-state index in [-0.39, 0.29) is 0 Å². The Hall–Kier alpha value is -1.02. The number of hydrogen-bond acceptors (Lipinski definition) is 1. The monoisotopic (exact) mass is 294 g/mol. The molecular formula is C17H23ClO2. The van der Waals surface area contributed by atoms with Gasteiger partial charge in [0.05, 0.1) is 5.41 Å². The molecule has 0 spiro atoms. The van der Waals surface area contributed by atoms with Gasteiger partial charge in [-0.3, -0.25) is 4.79 Å². The average molecular weight is 295 g/mol. The lowest BCUT2D eigenvalue weighted by atomic mass is 9.78. The molecule has 1 fully saturated rings. The summed E-state index contributed by atoms with van der Waals surface area (Å²) < 4.78 is 0. The molecule has 0 amide bonds. The summed E-state index contributed by atoms with van der Waals surface area (Å²) in [4.78, 5) is 11.7. The van der Waals surface area contributed by atoms with E-state index in [0.29, 0.717) is 5.92 Å². The molecule has 1 aromatic rings. The van der Waals surface area contributed by atoms with Gasteiger partial charge in [-0.15, -0.1) is 0 Å². The lowest BCUT2D eigenvalue weighted by molar-refractivity contribution is -0.143. The van der Waals surface area contributed by atoms with Gasteiger partial charge in [0, 0.05) is 5.02 Å². The van der Waals surface area contributed by atoms with Crippen molar-refractivity contribution in [3.63, 3.8) is 0 Å². The van der Waals surface area contributed by atoms with E-state index in [0.717, 1.165) is 54.7 Å². The number of rotatable bonds is 5. The highest BCUT2D eigenvalue weighted by Gasteiger charge is 2.43. The van der Waals surface area contributed by atoms with Gasteiger partial charge < -0.3 is 5.11 Å². The highest BCUT2D eigenvalue weighted by atomic mass is 35.5. The molecular weight excluding hydrogens is 272 g/mol. The normalized spacial score (nSPS) is 17.6. The zero-order valence-corrected chi connectivity index (χ0v) is 13.0. The second-order valence-electron chi connectivity index (χ2n) is 5.84. The van der Waals surface area contributed by atoms with Crippen LogP contribution in [0, 0.1) is 0 Å². The summed E-state index contributed by atoms with van der Waals surface area (Å²) in [5.41, 5.74) is 1.32. The fourth-order valence-electron chi connectivity index (χ4n) is 3.49. The Kier molecular flexibility index (Phi) is 4.74. The van der Waals surface area contributed by atoms with Crippen molar-refractivity contribution in [2.24, 2.45) is 0 Å². The van der Waals surface area contributed by atoms with E-state index in [1.54, 1.807) is 0 Å². The van der Waals surface area contributed by atoms with Gasteiger partial charge in [-0.05, 0) is 48.8 Å². The highest BCUT2D eigenvalue weighted by molar-refractivity contribution is 6.31. The molecule has 110 valence electrons. The van der Waals surface area contributed by atoms with E-state index in [1.807, 2.05) is 18.2 Å². The van der Waals surface area contributed by atoms with E-state index in [9.17, 15) is 9.90 Å². The molecule has 0 atom stereocenters. The third-order valence-electron chi connectivity index (χ3n) is 4.84. The first-order valence-corrected chi connectivity index (χ1v) is 7.96. The molecule has 0 aromatic heterocycles. The SMILES string of the molecule is CCC(CC)c1ccc(C2(C(=O)O)CCCC2)cc1Cl. The molecule has 0 heterocycles. The van der Waals surface area contributed by atoms with Crippen molar-refractivity contribution in [3.8, 4) is 0 Å². The van der Waals surface area contributed by atoms with Crippen molar-refractivity contribution in [1.29, 1.82) is 0 Å².